The van der Waals surface area contributed by atoms with E-state index in [9.17, 15) is 9.59 Å². The number of benzene rings is 1. The van der Waals surface area contributed by atoms with E-state index in [-0.39, 0.29) is 25.9 Å². The molecule has 0 aromatic heterocycles. The Morgan fingerprint density at radius 1 is 1.28 bits per heavy atom. The number of carbonyl (C=O) groups excluding carboxylic acids is 1. The Morgan fingerprint density at radius 2 is 2.08 bits per heavy atom. The minimum absolute atomic E-state index is 0.124. The summed E-state index contributed by atoms with van der Waals surface area (Å²) in [4.78, 5) is 22.7. The van der Waals surface area contributed by atoms with Gasteiger partial charge in [-0.25, -0.2) is 4.79 Å². The van der Waals surface area contributed by atoms with Crippen LogP contribution in [0.25, 0.3) is 0 Å². The zero-order chi connectivity index (χ0) is 17.9. The lowest BCUT2D eigenvalue weighted by Crippen LogP contribution is -2.33. The molecule has 138 valence electrons. The Labute approximate surface area is 147 Å². The highest BCUT2D eigenvalue weighted by Crippen LogP contribution is 2.18. The second-order valence-electron chi connectivity index (χ2n) is 5.93. The second kappa shape index (κ2) is 10.7. The van der Waals surface area contributed by atoms with Crippen molar-refractivity contribution in [3.05, 3.63) is 35.9 Å². The van der Waals surface area contributed by atoms with E-state index in [0.29, 0.717) is 13.0 Å². The first kappa shape index (κ1) is 19.2. The lowest BCUT2D eigenvalue weighted by atomic mass is 10.1. The Hall–Kier alpha value is -2.12. The van der Waals surface area contributed by atoms with Crippen molar-refractivity contribution in [3.63, 3.8) is 0 Å². The van der Waals surface area contributed by atoms with Crippen molar-refractivity contribution in [1.29, 1.82) is 0 Å². The molecule has 0 saturated carbocycles. The molecular weight excluding hydrogens is 326 g/mol. The lowest BCUT2D eigenvalue weighted by Gasteiger charge is -2.27. The Morgan fingerprint density at radius 3 is 2.76 bits per heavy atom. The third kappa shape index (κ3) is 8.00. The molecule has 25 heavy (non-hydrogen) atoms. The molecule has 0 bridgehead atoms. The molecule has 0 spiro atoms. The molecule has 1 aromatic carbocycles. The van der Waals surface area contributed by atoms with Crippen LogP contribution in [-0.4, -0.2) is 42.7 Å². The average Bonchev–Trinajstić information content (AvgIpc) is 2.61. The van der Waals surface area contributed by atoms with E-state index in [0.717, 1.165) is 24.8 Å². The summed E-state index contributed by atoms with van der Waals surface area (Å²) < 4.78 is 16.3. The second-order valence-corrected chi connectivity index (χ2v) is 5.93. The van der Waals surface area contributed by atoms with Crippen LogP contribution in [0, 0.1) is 0 Å². The number of alkyl carbamates (subject to hydrolysis) is 1. The van der Waals surface area contributed by atoms with E-state index in [2.05, 4.69) is 5.32 Å². The fourth-order valence-corrected chi connectivity index (χ4v) is 2.56. The van der Waals surface area contributed by atoms with Crippen molar-refractivity contribution in [2.24, 2.45) is 0 Å². The summed E-state index contributed by atoms with van der Waals surface area (Å²) in [5, 5.41) is 11.6. The zero-order valence-electron chi connectivity index (χ0n) is 14.2. The van der Waals surface area contributed by atoms with Crippen LogP contribution in [0.4, 0.5) is 4.79 Å². The van der Waals surface area contributed by atoms with Gasteiger partial charge in [0.1, 0.15) is 6.61 Å². The highest BCUT2D eigenvalue weighted by atomic mass is 16.7. The molecule has 7 heteroatoms. The maximum atomic E-state index is 11.7. The zero-order valence-corrected chi connectivity index (χ0v) is 14.2. The van der Waals surface area contributed by atoms with Crippen LogP contribution in [0.5, 0.6) is 0 Å². The summed E-state index contributed by atoms with van der Waals surface area (Å²) in [7, 11) is 0. The SMILES string of the molecule is O=C(O)CC(CCNC(=O)OCc1ccccc1)OC1CCCCO1. The Balaban J connectivity index is 1.67. The maximum Gasteiger partial charge on any atom is 0.407 e. The molecule has 7 nitrogen and oxygen atoms in total. The largest absolute Gasteiger partial charge is 0.481 e. The summed E-state index contributed by atoms with van der Waals surface area (Å²) >= 11 is 0. The third-order valence-electron chi connectivity index (χ3n) is 3.83. The van der Waals surface area contributed by atoms with Gasteiger partial charge in [-0.1, -0.05) is 30.3 Å². The summed E-state index contributed by atoms with van der Waals surface area (Å²) in [5.41, 5.74) is 0.902. The first-order valence-corrected chi connectivity index (χ1v) is 8.57. The number of nitrogens with one attached hydrogen (secondary N) is 1. The van der Waals surface area contributed by atoms with Crippen LogP contribution in [-0.2, 0) is 25.6 Å². The quantitative estimate of drug-likeness (QED) is 0.710. The normalized spacial score (nSPS) is 18.3. The van der Waals surface area contributed by atoms with Crippen LogP contribution in [0.2, 0.25) is 0 Å². The first-order valence-electron chi connectivity index (χ1n) is 8.57. The lowest BCUT2D eigenvalue weighted by molar-refractivity contribution is -0.192. The van der Waals surface area contributed by atoms with E-state index in [1.807, 2.05) is 30.3 Å². The number of carbonyl (C=O) groups is 2. The van der Waals surface area contributed by atoms with Gasteiger partial charge in [-0.15, -0.1) is 0 Å². The van der Waals surface area contributed by atoms with Crippen molar-refractivity contribution in [2.75, 3.05) is 13.2 Å². The molecule has 2 unspecified atom stereocenters. The van der Waals surface area contributed by atoms with Crippen LogP contribution in [0.3, 0.4) is 0 Å². The molecular formula is C18H25NO6. The minimum atomic E-state index is -0.938. The smallest absolute Gasteiger partial charge is 0.407 e. The fraction of sp³-hybridized carbons (Fsp3) is 0.556. The minimum Gasteiger partial charge on any atom is -0.481 e. The van der Waals surface area contributed by atoms with E-state index in [1.54, 1.807) is 0 Å². The number of hydrogen-bond acceptors (Lipinski definition) is 5. The third-order valence-corrected chi connectivity index (χ3v) is 3.83. The van der Waals surface area contributed by atoms with Gasteiger partial charge in [-0.3, -0.25) is 4.79 Å². The van der Waals surface area contributed by atoms with Crippen LogP contribution in [0.15, 0.2) is 30.3 Å². The molecule has 2 N–H and O–H groups in total. The molecule has 2 rings (SSSR count). The van der Waals surface area contributed by atoms with Crippen LogP contribution >= 0.6 is 0 Å². The van der Waals surface area contributed by atoms with Crippen molar-refractivity contribution >= 4 is 12.1 Å². The molecule has 1 aliphatic heterocycles. The van der Waals surface area contributed by atoms with Crippen molar-refractivity contribution in [3.8, 4) is 0 Å². The predicted molar refractivity (Wildman–Crippen MR) is 90.0 cm³/mol. The van der Waals surface area contributed by atoms with Gasteiger partial charge < -0.3 is 24.6 Å². The van der Waals surface area contributed by atoms with Gasteiger partial charge in [0.05, 0.1) is 12.5 Å². The molecule has 1 heterocycles. The molecule has 1 saturated heterocycles. The number of carboxylic acids is 1. The van der Waals surface area contributed by atoms with E-state index in [4.69, 9.17) is 19.3 Å². The maximum absolute atomic E-state index is 11.7. The van der Waals surface area contributed by atoms with Crippen LogP contribution in [0.1, 0.15) is 37.7 Å². The van der Waals surface area contributed by atoms with Crippen molar-refractivity contribution in [1.82, 2.24) is 5.32 Å². The van der Waals surface area contributed by atoms with Crippen LogP contribution < -0.4 is 5.32 Å². The standard InChI is InChI=1S/C18H25NO6/c20-16(21)12-15(25-17-8-4-5-11-23-17)9-10-19-18(22)24-13-14-6-2-1-3-7-14/h1-3,6-7,15,17H,4-5,8-13H2,(H,19,22)(H,20,21). The highest BCUT2D eigenvalue weighted by Gasteiger charge is 2.22. The molecule has 1 aliphatic rings. The summed E-state index contributed by atoms with van der Waals surface area (Å²) in [6.45, 7) is 1.10. The van der Waals surface area contributed by atoms with E-state index < -0.39 is 18.2 Å². The van der Waals surface area contributed by atoms with Gasteiger partial charge in [0.15, 0.2) is 6.29 Å². The molecule has 1 aromatic rings. The predicted octanol–water partition coefficient (Wildman–Crippen LogP) is 2.69. The van der Waals surface area contributed by atoms with Crippen molar-refractivity contribution in [2.45, 2.75) is 51.1 Å². The van der Waals surface area contributed by atoms with E-state index >= 15 is 0 Å². The number of ether oxygens (including phenoxy) is 3. The van der Waals surface area contributed by atoms with Gasteiger partial charge in [-0.05, 0) is 31.2 Å². The number of amides is 1. The van der Waals surface area contributed by atoms with Gasteiger partial charge in [0.2, 0.25) is 0 Å². The monoisotopic (exact) mass is 351 g/mol. The van der Waals surface area contributed by atoms with Gasteiger partial charge in [0, 0.05) is 13.2 Å². The van der Waals surface area contributed by atoms with Gasteiger partial charge in [0.25, 0.3) is 0 Å². The molecule has 2 atom stereocenters. The number of rotatable bonds is 9. The first-order chi connectivity index (χ1) is 12.1. The topological polar surface area (TPSA) is 94.1 Å². The van der Waals surface area contributed by atoms with E-state index in [1.165, 1.54) is 0 Å². The summed E-state index contributed by atoms with van der Waals surface area (Å²) in [6, 6.07) is 9.38. The van der Waals surface area contributed by atoms with Crippen molar-refractivity contribution < 1.29 is 28.9 Å². The van der Waals surface area contributed by atoms with Gasteiger partial charge in [-0.2, -0.15) is 0 Å². The van der Waals surface area contributed by atoms with Gasteiger partial charge >= 0.3 is 12.1 Å². The Kier molecular flexibility index (Phi) is 8.21. The number of carboxylic acid groups (broad SMARTS) is 1. The number of aliphatic carboxylic acids is 1. The highest BCUT2D eigenvalue weighted by molar-refractivity contribution is 5.68. The molecule has 1 amide bonds. The molecule has 0 radical (unpaired) electrons. The number of hydrogen-bond donors (Lipinski definition) is 2. The Bertz CT molecular complexity index is 530. The molecule has 0 aliphatic carbocycles. The summed E-state index contributed by atoms with van der Waals surface area (Å²) in [5.74, 6) is -0.938. The average molecular weight is 351 g/mol. The molecule has 1 fully saturated rings. The summed E-state index contributed by atoms with van der Waals surface area (Å²) in [6.07, 6.45) is 1.63. The fourth-order valence-electron chi connectivity index (χ4n) is 2.56.